The maximum atomic E-state index is 13.4. The van der Waals surface area contributed by atoms with Crippen molar-refractivity contribution >= 4 is 35.8 Å². The lowest BCUT2D eigenvalue weighted by molar-refractivity contribution is -0.127. The number of rotatable bonds is 5. The van der Waals surface area contributed by atoms with E-state index in [0.29, 0.717) is 30.0 Å². The Balaban J connectivity index is 0.00000261. The lowest BCUT2D eigenvalue weighted by atomic mass is 9.95. The Kier molecular flexibility index (Phi) is 7.88. The van der Waals surface area contributed by atoms with E-state index >= 15 is 0 Å². The number of likely N-dealkylation sites (N-methyl/N-ethyl adjacent to an activating group) is 1. The largest absolute Gasteiger partial charge is 0.353 e. The molecule has 2 saturated carbocycles. The van der Waals surface area contributed by atoms with Gasteiger partial charge in [0.15, 0.2) is 5.96 Å². The SMILES string of the molecule is Cc1cc(CN=C(NCC(=O)N(C)C)NC2CC3CCC2C3)ccc1F.I. The monoisotopic (exact) mass is 488 g/mol. The summed E-state index contributed by atoms with van der Waals surface area (Å²) < 4.78 is 13.4. The number of aliphatic imine (C=N–C) groups is 1. The summed E-state index contributed by atoms with van der Waals surface area (Å²) in [4.78, 5) is 18.1. The second-order valence-corrected chi connectivity index (χ2v) is 7.82. The smallest absolute Gasteiger partial charge is 0.241 e. The van der Waals surface area contributed by atoms with Crippen LogP contribution in [0.15, 0.2) is 23.2 Å². The highest BCUT2D eigenvalue weighted by atomic mass is 127. The Morgan fingerprint density at radius 2 is 2.07 bits per heavy atom. The molecule has 5 nitrogen and oxygen atoms in total. The van der Waals surface area contributed by atoms with E-state index in [2.05, 4.69) is 15.6 Å². The molecule has 2 aliphatic rings. The first-order chi connectivity index (χ1) is 12.4. The molecule has 3 rings (SSSR count). The average Bonchev–Trinajstić information content (AvgIpc) is 3.22. The van der Waals surface area contributed by atoms with Gasteiger partial charge in [-0.2, -0.15) is 0 Å². The van der Waals surface area contributed by atoms with Crippen molar-refractivity contribution in [3.63, 3.8) is 0 Å². The van der Waals surface area contributed by atoms with Crippen LogP contribution in [-0.4, -0.2) is 43.4 Å². The first kappa shape index (κ1) is 21.9. The Morgan fingerprint density at radius 3 is 2.67 bits per heavy atom. The van der Waals surface area contributed by atoms with Gasteiger partial charge in [-0.25, -0.2) is 9.38 Å². The molecule has 0 radical (unpaired) electrons. The Hall–Kier alpha value is -1.38. The molecular formula is C20H30FIN4O. The third-order valence-corrected chi connectivity index (χ3v) is 5.61. The number of nitrogens with zero attached hydrogens (tertiary/aromatic N) is 2. The van der Waals surface area contributed by atoms with Crippen molar-refractivity contribution in [2.24, 2.45) is 16.8 Å². The predicted molar refractivity (Wildman–Crippen MR) is 117 cm³/mol. The zero-order valence-corrected chi connectivity index (χ0v) is 18.6. The summed E-state index contributed by atoms with van der Waals surface area (Å²) in [5.41, 5.74) is 1.58. The van der Waals surface area contributed by atoms with Gasteiger partial charge in [0.1, 0.15) is 5.82 Å². The van der Waals surface area contributed by atoms with Crippen LogP contribution in [0.25, 0.3) is 0 Å². The summed E-state index contributed by atoms with van der Waals surface area (Å²) >= 11 is 0. The summed E-state index contributed by atoms with van der Waals surface area (Å²) in [6.07, 6.45) is 5.11. The number of guanidine groups is 1. The highest BCUT2D eigenvalue weighted by molar-refractivity contribution is 14.0. The highest BCUT2D eigenvalue weighted by Gasteiger charge is 2.39. The first-order valence-electron chi connectivity index (χ1n) is 9.42. The van der Waals surface area contributed by atoms with Gasteiger partial charge in [0, 0.05) is 20.1 Å². The molecule has 0 aromatic heterocycles. The number of hydrogen-bond donors (Lipinski definition) is 2. The van der Waals surface area contributed by atoms with E-state index in [4.69, 9.17) is 0 Å². The number of fused-ring (bicyclic) bond motifs is 2. The number of amides is 1. The van der Waals surface area contributed by atoms with Crippen LogP contribution in [0, 0.1) is 24.6 Å². The molecule has 150 valence electrons. The zero-order chi connectivity index (χ0) is 18.7. The van der Waals surface area contributed by atoms with Gasteiger partial charge in [0.25, 0.3) is 0 Å². The molecule has 2 aliphatic carbocycles. The van der Waals surface area contributed by atoms with Gasteiger partial charge in [-0.15, -0.1) is 24.0 Å². The molecule has 27 heavy (non-hydrogen) atoms. The molecule has 1 aromatic carbocycles. The lowest BCUT2D eigenvalue weighted by Crippen LogP contribution is -2.48. The second-order valence-electron chi connectivity index (χ2n) is 7.82. The molecule has 3 atom stereocenters. The number of carbonyl (C=O) groups is 1. The van der Waals surface area contributed by atoms with Crippen LogP contribution < -0.4 is 10.6 Å². The number of aryl methyl sites for hydroxylation is 1. The van der Waals surface area contributed by atoms with Crippen LogP contribution in [0.2, 0.25) is 0 Å². The summed E-state index contributed by atoms with van der Waals surface area (Å²) in [7, 11) is 3.48. The van der Waals surface area contributed by atoms with Crippen molar-refractivity contribution in [1.82, 2.24) is 15.5 Å². The second kappa shape index (κ2) is 9.71. The van der Waals surface area contributed by atoms with Gasteiger partial charge >= 0.3 is 0 Å². The van der Waals surface area contributed by atoms with Crippen LogP contribution in [-0.2, 0) is 11.3 Å². The van der Waals surface area contributed by atoms with E-state index in [1.807, 2.05) is 6.07 Å². The van der Waals surface area contributed by atoms with Crippen molar-refractivity contribution in [3.8, 4) is 0 Å². The standard InChI is InChI=1S/C20H29FN4O.HI/c1-13-8-15(5-7-17(13)21)11-22-20(23-12-19(26)25(2)3)24-18-10-14-4-6-16(18)9-14;/h5,7-8,14,16,18H,4,6,9-12H2,1-3H3,(H2,22,23,24);1H. The van der Waals surface area contributed by atoms with Gasteiger partial charge in [-0.3, -0.25) is 4.79 Å². The van der Waals surface area contributed by atoms with Gasteiger partial charge in [0.2, 0.25) is 5.91 Å². The van der Waals surface area contributed by atoms with E-state index < -0.39 is 0 Å². The molecule has 3 unspecified atom stereocenters. The third kappa shape index (κ3) is 5.80. The molecule has 0 saturated heterocycles. The minimum absolute atomic E-state index is 0. The fourth-order valence-electron chi connectivity index (χ4n) is 4.04. The molecule has 7 heteroatoms. The van der Waals surface area contributed by atoms with Crippen molar-refractivity contribution in [2.75, 3.05) is 20.6 Å². The number of hydrogen-bond acceptors (Lipinski definition) is 2. The predicted octanol–water partition coefficient (Wildman–Crippen LogP) is 3.06. The summed E-state index contributed by atoms with van der Waals surface area (Å²) in [5.74, 6) is 2.02. The molecule has 0 spiro atoms. The summed E-state index contributed by atoms with van der Waals surface area (Å²) in [6.45, 7) is 2.42. The van der Waals surface area contributed by atoms with E-state index in [1.165, 1.54) is 31.7 Å². The van der Waals surface area contributed by atoms with E-state index in [-0.39, 0.29) is 42.2 Å². The molecular weight excluding hydrogens is 458 g/mol. The van der Waals surface area contributed by atoms with Crippen LogP contribution in [0.3, 0.4) is 0 Å². The maximum Gasteiger partial charge on any atom is 0.241 e. The van der Waals surface area contributed by atoms with E-state index in [9.17, 15) is 9.18 Å². The number of carbonyl (C=O) groups excluding carboxylic acids is 1. The fraction of sp³-hybridized carbons (Fsp3) is 0.600. The molecule has 0 aliphatic heterocycles. The minimum atomic E-state index is -0.201. The number of benzene rings is 1. The van der Waals surface area contributed by atoms with Crippen LogP contribution in [0.1, 0.15) is 36.8 Å². The summed E-state index contributed by atoms with van der Waals surface area (Å²) in [6, 6.07) is 5.49. The van der Waals surface area contributed by atoms with Crippen LogP contribution >= 0.6 is 24.0 Å². The maximum absolute atomic E-state index is 13.4. The van der Waals surface area contributed by atoms with Gasteiger partial charge < -0.3 is 15.5 Å². The van der Waals surface area contributed by atoms with Crippen molar-refractivity contribution in [3.05, 3.63) is 35.1 Å². The molecule has 2 N–H and O–H groups in total. The Labute approximate surface area is 178 Å². The van der Waals surface area contributed by atoms with Crippen molar-refractivity contribution < 1.29 is 9.18 Å². The normalized spacial score (nSPS) is 23.7. The van der Waals surface area contributed by atoms with Crippen LogP contribution in [0.4, 0.5) is 4.39 Å². The Morgan fingerprint density at radius 1 is 1.30 bits per heavy atom. The number of nitrogens with one attached hydrogen (secondary N) is 2. The van der Waals surface area contributed by atoms with Crippen molar-refractivity contribution in [1.29, 1.82) is 0 Å². The van der Waals surface area contributed by atoms with Crippen LogP contribution in [0.5, 0.6) is 0 Å². The van der Waals surface area contributed by atoms with E-state index in [1.54, 1.807) is 32.0 Å². The summed E-state index contributed by atoms with van der Waals surface area (Å²) in [5, 5.41) is 6.69. The van der Waals surface area contributed by atoms with Gasteiger partial charge in [-0.05, 0) is 55.2 Å². The van der Waals surface area contributed by atoms with E-state index in [0.717, 1.165) is 11.5 Å². The molecule has 2 bridgehead atoms. The molecule has 2 fully saturated rings. The molecule has 1 aromatic rings. The number of halogens is 2. The quantitative estimate of drug-likeness (QED) is 0.381. The lowest BCUT2D eigenvalue weighted by Gasteiger charge is -2.25. The molecule has 1 amide bonds. The topological polar surface area (TPSA) is 56.7 Å². The van der Waals surface area contributed by atoms with Gasteiger partial charge in [-0.1, -0.05) is 18.6 Å². The highest BCUT2D eigenvalue weighted by Crippen LogP contribution is 2.44. The fourth-order valence-corrected chi connectivity index (χ4v) is 4.04. The minimum Gasteiger partial charge on any atom is -0.353 e. The van der Waals surface area contributed by atoms with Gasteiger partial charge in [0.05, 0.1) is 13.1 Å². The molecule has 0 heterocycles. The third-order valence-electron chi connectivity index (χ3n) is 5.61. The first-order valence-corrected chi connectivity index (χ1v) is 9.42. The zero-order valence-electron chi connectivity index (χ0n) is 16.3. The average molecular weight is 488 g/mol. The van der Waals surface area contributed by atoms with Crippen molar-refractivity contribution in [2.45, 2.75) is 45.2 Å². The Bertz CT molecular complexity index is 695.